The molecule has 1 aromatic heterocycles. The summed E-state index contributed by atoms with van der Waals surface area (Å²) in [5, 5.41) is 3.41. The van der Waals surface area contributed by atoms with Gasteiger partial charge in [-0.3, -0.25) is 9.59 Å². The van der Waals surface area contributed by atoms with E-state index in [0.717, 1.165) is 0 Å². The molecule has 1 saturated heterocycles. The average molecular weight is 474 g/mol. The summed E-state index contributed by atoms with van der Waals surface area (Å²) in [6.45, 7) is 4.31. The Morgan fingerprint density at radius 1 is 1.26 bits per heavy atom. The molecule has 3 unspecified atom stereocenters. The van der Waals surface area contributed by atoms with Crippen molar-refractivity contribution in [1.82, 2.24) is 10.2 Å². The second kappa shape index (κ2) is 10.1. The maximum absolute atomic E-state index is 14.0. The van der Waals surface area contributed by atoms with Crippen LogP contribution in [0, 0.1) is 5.92 Å². The number of methoxy groups -OCH3 is 1. The topological polar surface area (TPSA) is 84.2 Å². The molecule has 8 nitrogen and oxygen atoms in total. The summed E-state index contributed by atoms with van der Waals surface area (Å²) in [6.07, 6.45) is 5.32. The van der Waals surface area contributed by atoms with E-state index in [9.17, 15) is 14.0 Å². The SMILES string of the molecule is COC1=CC=C(F)CC1NC(C)C1=CC(C(=O)N(C)C)Cc2c1oc(N1CCOCC1)cc2=O. The first kappa shape index (κ1) is 24.2. The number of hydrogen-bond donors (Lipinski definition) is 1. The highest BCUT2D eigenvalue weighted by atomic mass is 19.1. The van der Waals surface area contributed by atoms with E-state index in [4.69, 9.17) is 13.9 Å². The van der Waals surface area contributed by atoms with Crippen LogP contribution in [0.4, 0.5) is 10.3 Å². The zero-order valence-electron chi connectivity index (χ0n) is 20.1. The highest BCUT2D eigenvalue weighted by Gasteiger charge is 2.34. The predicted octanol–water partition coefficient (Wildman–Crippen LogP) is 2.25. The number of fused-ring (bicyclic) bond motifs is 1. The lowest BCUT2D eigenvalue weighted by Crippen LogP contribution is -2.42. The van der Waals surface area contributed by atoms with Crippen LogP contribution in [-0.2, 0) is 20.7 Å². The first-order valence-electron chi connectivity index (χ1n) is 11.6. The molecule has 9 heteroatoms. The van der Waals surface area contributed by atoms with Gasteiger partial charge in [-0.05, 0) is 25.5 Å². The Bertz CT molecular complexity index is 1080. The van der Waals surface area contributed by atoms with Gasteiger partial charge in [-0.15, -0.1) is 0 Å². The third-order valence-corrected chi connectivity index (χ3v) is 6.50. The molecule has 2 aliphatic carbocycles. The van der Waals surface area contributed by atoms with E-state index in [1.54, 1.807) is 27.3 Å². The molecular weight excluding hydrogens is 441 g/mol. The van der Waals surface area contributed by atoms with Crippen molar-refractivity contribution in [2.45, 2.75) is 31.8 Å². The van der Waals surface area contributed by atoms with Gasteiger partial charge in [0.1, 0.15) is 17.3 Å². The van der Waals surface area contributed by atoms with Gasteiger partial charge < -0.3 is 29.0 Å². The molecule has 1 aliphatic heterocycles. The number of allylic oxidation sites excluding steroid dienone is 2. The van der Waals surface area contributed by atoms with Gasteiger partial charge in [0.15, 0.2) is 11.3 Å². The minimum absolute atomic E-state index is 0.0869. The van der Waals surface area contributed by atoms with Gasteiger partial charge in [0.2, 0.25) is 5.91 Å². The van der Waals surface area contributed by atoms with E-state index >= 15 is 0 Å². The van der Waals surface area contributed by atoms with Gasteiger partial charge in [-0.25, -0.2) is 4.39 Å². The average Bonchev–Trinajstić information content (AvgIpc) is 2.83. The lowest BCUT2D eigenvalue weighted by atomic mass is 9.84. The van der Waals surface area contributed by atoms with E-state index in [0.29, 0.717) is 54.8 Å². The number of amides is 1. The number of halogens is 1. The number of ether oxygens (including phenoxy) is 2. The van der Waals surface area contributed by atoms with E-state index in [2.05, 4.69) is 5.32 Å². The minimum atomic E-state index is -0.487. The van der Waals surface area contributed by atoms with Gasteiger partial charge >= 0.3 is 0 Å². The van der Waals surface area contributed by atoms with Crippen LogP contribution in [-0.4, -0.2) is 70.4 Å². The van der Waals surface area contributed by atoms with Gasteiger partial charge in [0.25, 0.3) is 0 Å². The fourth-order valence-electron chi connectivity index (χ4n) is 4.67. The molecule has 0 saturated carbocycles. The van der Waals surface area contributed by atoms with Crippen LogP contribution in [0.2, 0.25) is 0 Å². The molecule has 34 heavy (non-hydrogen) atoms. The first-order valence-corrected chi connectivity index (χ1v) is 11.6. The van der Waals surface area contributed by atoms with Crippen molar-refractivity contribution in [2.75, 3.05) is 52.4 Å². The molecule has 1 amide bonds. The number of rotatable bonds is 6. The Morgan fingerprint density at radius 3 is 2.68 bits per heavy atom. The molecule has 2 heterocycles. The summed E-state index contributed by atoms with van der Waals surface area (Å²) < 4.78 is 31.2. The molecule has 1 fully saturated rings. The standard InChI is InChI=1S/C25H32FN3O5/c1-15(27-20-13-17(26)5-6-22(20)32-4)18-11-16(25(31)28(2)3)12-19-21(30)14-23(34-24(18)19)29-7-9-33-10-8-29/h5-6,11,14-16,20,27H,7-10,12-13H2,1-4H3. The minimum Gasteiger partial charge on any atom is -0.499 e. The Kier molecular flexibility index (Phi) is 7.23. The van der Waals surface area contributed by atoms with Crippen molar-refractivity contribution in [2.24, 2.45) is 5.92 Å². The van der Waals surface area contributed by atoms with Crippen molar-refractivity contribution >= 4 is 17.4 Å². The van der Waals surface area contributed by atoms with Crippen LogP contribution in [0.15, 0.2) is 45.1 Å². The van der Waals surface area contributed by atoms with Crippen LogP contribution in [0.25, 0.3) is 5.57 Å². The highest BCUT2D eigenvalue weighted by Crippen LogP contribution is 2.34. The van der Waals surface area contributed by atoms with E-state index in [-0.39, 0.29) is 42.1 Å². The Morgan fingerprint density at radius 2 is 2.00 bits per heavy atom. The maximum Gasteiger partial charge on any atom is 0.229 e. The smallest absolute Gasteiger partial charge is 0.229 e. The van der Waals surface area contributed by atoms with Crippen molar-refractivity contribution in [1.29, 1.82) is 0 Å². The lowest BCUT2D eigenvalue weighted by Gasteiger charge is -2.32. The summed E-state index contributed by atoms with van der Waals surface area (Å²) in [5.41, 5.74) is 1.04. The predicted molar refractivity (Wildman–Crippen MR) is 127 cm³/mol. The van der Waals surface area contributed by atoms with Crippen LogP contribution in [0.1, 0.15) is 24.7 Å². The Balaban J connectivity index is 1.71. The van der Waals surface area contributed by atoms with E-state index in [1.165, 1.54) is 17.0 Å². The molecule has 184 valence electrons. The number of carbonyl (C=O) groups is 1. The Labute approximate surface area is 198 Å². The van der Waals surface area contributed by atoms with Gasteiger partial charge in [0.05, 0.1) is 32.3 Å². The van der Waals surface area contributed by atoms with Crippen LogP contribution in [0.3, 0.4) is 0 Å². The van der Waals surface area contributed by atoms with E-state index in [1.807, 2.05) is 17.9 Å². The quantitative estimate of drug-likeness (QED) is 0.679. The summed E-state index contributed by atoms with van der Waals surface area (Å²) in [4.78, 5) is 29.6. The zero-order valence-corrected chi connectivity index (χ0v) is 20.1. The normalized spacial score (nSPS) is 23.3. The third-order valence-electron chi connectivity index (χ3n) is 6.50. The number of nitrogens with zero attached hydrogens (tertiary/aromatic N) is 2. The maximum atomic E-state index is 14.0. The van der Waals surface area contributed by atoms with Crippen LogP contribution in [0.5, 0.6) is 0 Å². The molecule has 0 aromatic carbocycles. The fourth-order valence-corrected chi connectivity index (χ4v) is 4.67. The van der Waals surface area contributed by atoms with Crippen LogP contribution >= 0.6 is 0 Å². The molecule has 4 rings (SSSR count). The molecule has 0 bridgehead atoms. The number of carbonyl (C=O) groups excluding carboxylic acids is 1. The molecular formula is C25H32FN3O5. The zero-order chi connectivity index (χ0) is 24.4. The fraction of sp³-hybridized carbons (Fsp3) is 0.520. The van der Waals surface area contributed by atoms with Crippen molar-refractivity contribution in [3.05, 3.63) is 57.4 Å². The molecule has 3 aliphatic rings. The van der Waals surface area contributed by atoms with Crippen molar-refractivity contribution < 1.29 is 23.1 Å². The second-order valence-electron chi connectivity index (χ2n) is 9.05. The monoisotopic (exact) mass is 473 g/mol. The third kappa shape index (κ3) is 4.95. The first-order chi connectivity index (χ1) is 16.3. The molecule has 0 spiro atoms. The molecule has 0 radical (unpaired) electrons. The van der Waals surface area contributed by atoms with Gasteiger partial charge in [-0.2, -0.15) is 0 Å². The number of morpholine rings is 1. The summed E-state index contributed by atoms with van der Waals surface area (Å²) in [7, 11) is 4.95. The number of anilines is 1. The largest absolute Gasteiger partial charge is 0.499 e. The number of hydrogen-bond acceptors (Lipinski definition) is 7. The second-order valence-corrected chi connectivity index (χ2v) is 9.05. The number of nitrogens with one attached hydrogen (secondary N) is 1. The van der Waals surface area contributed by atoms with Gasteiger partial charge in [0, 0.05) is 56.9 Å². The summed E-state index contributed by atoms with van der Waals surface area (Å²) >= 11 is 0. The molecule has 1 N–H and O–H groups in total. The molecule has 1 aromatic rings. The molecule has 3 atom stereocenters. The van der Waals surface area contributed by atoms with Gasteiger partial charge in [-0.1, -0.05) is 6.08 Å². The van der Waals surface area contributed by atoms with Crippen LogP contribution < -0.4 is 15.6 Å². The highest BCUT2D eigenvalue weighted by molar-refractivity contribution is 5.85. The lowest BCUT2D eigenvalue weighted by molar-refractivity contribution is -0.131. The summed E-state index contributed by atoms with van der Waals surface area (Å²) in [5.74, 6) is 0.772. The van der Waals surface area contributed by atoms with Crippen molar-refractivity contribution in [3.8, 4) is 0 Å². The van der Waals surface area contributed by atoms with Crippen molar-refractivity contribution in [3.63, 3.8) is 0 Å². The summed E-state index contributed by atoms with van der Waals surface area (Å²) in [6, 6.07) is 0.789. The van der Waals surface area contributed by atoms with E-state index < -0.39 is 5.92 Å². The Hall–Kier alpha value is -2.91.